The van der Waals surface area contributed by atoms with Gasteiger partial charge in [0.1, 0.15) is 5.82 Å². The summed E-state index contributed by atoms with van der Waals surface area (Å²) in [5.74, 6) is 4.07. The molecular weight excluding hydrogens is 357 g/mol. The Bertz CT molecular complexity index is 1240. The molecule has 4 aromatic rings. The first kappa shape index (κ1) is 17.9. The van der Waals surface area contributed by atoms with Crippen LogP contribution in [0.3, 0.4) is 0 Å². The summed E-state index contributed by atoms with van der Waals surface area (Å²) in [6, 6.07) is 20.0. The van der Waals surface area contributed by atoms with E-state index >= 15 is 0 Å². The normalized spacial score (nSPS) is 10.6. The molecule has 0 N–H and O–H groups in total. The third kappa shape index (κ3) is 3.63. The summed E-state index contributed by atoms with van der Waals surface area (Å²) >= 11 is 0. The molecule has 0 unspecified atom stereocenters. The van der Waals surface area contributed by atoms with E-state index in [1.54, 1.807) is 24.3 Å². The molecule has 3 heteroatoms. The number of hydrogen-bond donors (Lipinski definition) is 0. The standard InChI is InChI=1S/C25H15F3/c1-16-2-11-22(23(26)12-16)19-8-5-17(6-9-19)3-4-18-7-10-20-14-24(27)25(28)15-21(20)13-18/h2,5-15H,1H3. The summed E-state index contributed by atoms with van der Waals surface area (Å²) < 4.78 is 40.8. The summed E-state index contributed by atoms with van der Waals surface area (Å²) in [5.41, 5.74) is 3.69. The van der Waals surface area contributed by atoms with Crippen LogP contribution in [-0.4, -0.2) is 0 Å². The quantitative estimate of drug-likeness (QED) is 0.329. The van der Waals surface area contributed by atoms with E-state index in [4.69, 9.17) is 0 Å². The van der Waals surface area contributed by atoms with Crippen LogP contribution in [0.4, 0.5) is 13.2 Å². The Hall–Kier alpha value is -3.51. The molecule has 0 atom stereocenters. The number of rotatable bonds is 1. The summed E-state index contributed by atoms with van der Waals surface area (Å²) in [5, 5.41) is 1.21. The number of halogens is 3. The fourth-order valence-corrected chi connectivity index (χ4v) is 3.05. The smallest absolute Gasteiger partial charge is 0.159 e. The Morgan fingerprint density at radius 1 is 0.571 bits per heavy atom. The molecule has 0 bridgehead atoms. The fourth-order valence-electron chi connectivity index (χ4n) is 3.05. The molecule has 0 saturated heterocycles. The first-order valence-corrected chi connectivity index (χ1v) is 8.77. The third-order valence-electron chi connectivity index (χ3n) is 4.55. The maximum Gasteiger partial charge on any atom is 0.159 e. The number of hydrogen-bond acceptors (Lipinski definition) is 0. The van der Waals surface area contributed by atoms with Gasteiger partial charge < -0.3 is 0 Å². The van der Waals surface area contributed by atoms with Gasteiger partial charge in [-0.15, -0.1) is 0 Å². The molecule has 0 heterocycles. The van der Waals surface area contributed by atoms with Crippen LogP contribution >= 0.6 is 0 Å². The zero-order valence-corrected chi connectivity index (χ0v) is 15.1. The van der Waals surface area contributed by atoms with E-state index in [-0.39, 0.29) is 5.82 Å². The van der Waals surface area contributed by atoms with E-state index in [0.29, 0.717) is 21.9 Å². The van der Waals surface area contributed by atoms with Crippen molar-refractivity contribution in [2.45, 2.75) is 6.92 Å². The molecular formula is C25H15F3. The van der Waals surface area contributed by atoms with Crippen LogP contribution in [-0.2, 0) is 0 Å². The Kier molecular flexibility index (Phi) is 4.63. The van der Waals surface area contributed by atoms with Gasteiger partial charge in [0.15, 0.2) is 11.6 Å². The van der Waals surface area contributed by atoms with Crippen LogP contribution in [0.25, 0.3) is 21.9 Å². The number of aryl methyl sites for hydroxylation is 1. The van der Waals surface area contributed by atoms with Gasteiger partial charge in [-0.3, -0.25) is 0 Å². The van der Waals surface area contributed by atoms with E-state index < -0.39 is 11.6 Å². The number of fused-ring (bicyclic) bond motifs is 1. The molecule has 0 nitrogen and oxygen atoms in total. The van der Waals surface area contributed by atoms with Crippen molar-refractivity contribution in [1.29, 1.82) is 0 Å². The highest BCUT2D eigenvalue weighted by Crippen LogP contribution is 2.24. The summed E-state index contributed by atoms with van der Waals surface area (Å²) in [6.07, 6.45) is 0. The molecule has 4 aromatic carbocycles. The summed E-state index contributed by atoms with van der Waals surface area (Å²) in [6.45, 7) is 1.85. The van der Waals surface area contributed by atoms with E-state index in [9.17, 15) is 13.2 Å². The van der Waals surface area contributed by atoms with E-state index in [0.717, 1.165) is 16.7 Å². The monoisotopic (exact) mass is 372 g/mol. The van der Waals surface area contributed by atoms with Gasteiger partial charge in [-0.05, 0) is 71.3 Å². The van der Waals surface area contributed by atoms with Crippen LogP contribution in [0, 0.1) is 36.2 Å². The first-order chi connectivity index (χ1) is 13.5. The van der Waals surface area contributed by atoms with Gasteiger partial charge in [-0.2, -0.15) is 0 Å². The van der Waals surface area contributed by atoms with Crippen LogP contribution in [0.2, 0.25) is 0 Å². The first-order valence-electron chi connectivity index (χ1n) is 8.77. The van der Waals surface area contributed by atoms with Gasteiger partial charge in [0.05, 0.1) is 0 Å². The van der Waals surface area contributed by atoms with Crippen LogP contribution in [0.5, 0.6) is 0 Å². The van der Waals surface area contributed by atoms with E-state index in [1.807, 2.05) is 37.3 Å². The van der Waals surface area contributed by atoms with Gasteiger partial charge in [0.25, 0.3) is 0 Å². The minimum atomic E-state index is -0.878. The molecule has 0 aliphatic rings. The lowest BCUT2D eigenvalue weighted by Crippen LogP contribution is -1.86. The Morgan fingerprint density at radius 2 is 1.21 bits per heavy atom. The fraction of sp³-hybridized carbons (Fsp3) is 0.0400. The topological polar surface area (TPSA) is 0 Å². The van der Waals surface area contributed by atoms with Gasteiger partial charge >= 0.3 is 0 Å². The molecule has 4 rings (SSSR count). The van der Waals surface area contributed by atoms with E-state index in [2.05, 4.69) is 11.8 Å². The van der Waals surface area contributed by atoms with Crippen LogP contribution in [0.1, 0.15) is 16.7 Å². The molecule has 0 spiro atoms. The van der Waals surface area contributed by atoms with Gasteiger partial charge in [0, 0.05) is 16.7 Å². The predicted molar refractivity (Wildman–Crippen MR) is 106 cm³/mol. The largest absolute Gasteiger partial charge is 0.206 e. The Morgan fingerprint density at radius 3 is 1.93 bits per heavy atom. The van der Waals surface area contributed by atoms with Crippen LogP contribution in [0.15, 0.2) is 72.8 Å². The Labute approximate surface area is 161 Å². The molecule has 0 aliphatic carbocycles. The van der Waals surface area contributed by atoms with Gasteiger partial charge in [-0.25, -0.2) is 13.2 Å². The highest BCUT2D eigenvalue weighted by molar-refractivity contribution is 5.84. The molecule has 0 radical (unpaired) electrons. The van der Waals surface area contributed by atoms with Crippen molar-refractivity contribution in [3.63, 3.8) is 0 Å². The lowest BCUT2D eigenvalue weighted by atomic mass is 10.0. The van der Waals surface area contributed by atoms with Crippen molar-refractivity contribution in [3.8, 4) is 23.0 Å². The van der Waals surface area contributed by atoms with E-state index in [1.165, 1.54) is 18.2 Å². The molecule has 0 saturated carbocycles. The van der Waals surface area contributed by atoms with Gasteiger partial charge in [-0.1, -0.05) is 42.2 Å². The zero-order valence-electron chi connectivity index (χ0n) is 15.1. The maximum atomic E-state index is 14.1. The minimum Gasteiger partial charge on any atom is -0.206 e. The SMILES string of the molecule is Cc1ccc(-c2ccc(C#Cc3ccc4cc(F)c(F)cc4c3)cc2)c(F)c1. The third-order valence-corrected chi connectivity index (χ3v) is 4.55. The second-order valence-corrected chi connectivity index (χ2v) is 6.64. The second-order valence-electron chi connectivity index (χ2n) is 6.64. The van der Waals surface area contributed by atoms with Crippen LogP contribution < -0.4 is 0 Å². The van der Waals surface area contributed by atoms with Crippen molar-refractivity contribution < 1.29 is 13.2 Å². The summed E-state index contributed by atoms with van der Waals surface area (Å²) in [7, 11) is 0. The molecule has 28 heavy (non-hydrogen) atoms. The summed E-state index contributed by atoms with van der Waals surface area (Å²) in [4.78, 5) is 0. The van der Waals surface area contributed by atoms with Crippen molar-refractivity contribution >= 4 is 10.8 Å². The Balaban J connectivity index is 1.61. The minimum absolute atomic E-state index is 0.251. The molecule has 0 aromatic heterocycles. The molecule has 0 aliphatic heterocycles. The lowest BCUT2D eigenvalue weighted by Gasteiger charge is -2.04. The van der Waals surface area contributed by atoms with Crippen molar-refractivity contribution in [2.75, 3.05) is 0 Å². The molecule has 0 fully saturated rings. The average molecular weight is 372 g/mol. The van der Waals surface area contributed by atoms with Gasteiger partial charge in [0.2, 0.25) is 0 Å². The predicted octanol–water partition coefficient (Wildman–Crippen LogP) is 6.63. The average Bonchev–Trinajstić information content (AvgIpc) is 2.68. The van der Waals surface area contributed by atoms with Crippen molar-refractivity contribution in [3.05, 3.63) is 107 Å². The molecule has 0 amide bonds. The lowest BCUT2D eigenvalue weighted by molar-refractivity contribution is 0.511. The maximum absolute atomic E-state index is 14.1. The number of benzene rings is 4. The molecule has 136 valence electrons. The highest BCUT2D eigenvalue weighted by atomic mass is 19.2. The van der Waals surface area contributed by atoms with Crippen molar-refractivity contribution in [1.82, 2.24) is 0 Å². The highest BCUT2D eigenvalue weighted by Gasteiger charge is 2.05. The zero-order chi connectivity index (χ0) is 19.7. The van der Waals surface area contributed by atoms with Crippen molar-refractivity contribution in [2.24, 2.45) is 0 Å². The second kappa shape index (κ2) is 7.25.